The number of hydrogen-bond acceptors (Lipinski definition) is 4. The molecule has 94 valence electrons. The molecule has 0 unspecified atom stereocenters. The molecule has 0 aliphatic heterocycles. The van der Waals surface area contributed by atoms with Gasteiger partial charge >= 0.3 is 0 Å². The molecule has 0 amide bonds. The van der Waals surface area contributed by atoms with Gasteiger partial charge in [0.2, 0.25) is 0 Å². The van der Waals surface area contributed by atoms with Crippen LogP contribution in [0.15, 0.2) is 31.4 Å². The Labute approximate surface area is 124 Å². The first kappa shape index (κ1) is 13.6. The van der Waals surface area contributed by atoms with Gasteiger partial charge in [-0.25, -0.2) is 4.98 Å². The number of carbonyl (C=O) groups is 1. The zero-order valence-electron chi connectivity index (χ0n) is 9.31. The van der Waals surface area contributed by atoms with Gasteiger partial charge in [-0.15, -0.1) is 11.3 Å². The van der Waals surface area contributed by atoms with Crippen LogP contribution in [-0.4, -0.2) is 15.3 Å². The molecule has 0 spiro atoms. The number of aromatic nitrogens is 2. The Hall–Kier alpha value is -0.790. The third-order valence-electron chi connectivity index (χ3n) is 2.35. The van der Waals surface area contributed by atoms with Gasteiger partial charge in [-0.05, 0) is 50.9 Å². The number of nitrogens with zero attached hydrogens (tertiary/aromatic N) is 2. The Balaban J connectivity index is 2.33. The van der Waals surface area contributed by atoms with Gasteiger partial charge in [0.15, 0.2) is 5.78 Å². The molecule has 0 radical (unpaired) electrons. The first-order chi connectivity index (χ1) is 8.49. The van der Waals surface area contributed by atoms with Crippen LogP contribution in [0.5, 0.6) is 0 Å². The van der Waals surface area contributed by atoms with Gasteiger partial charge in [0.1, 0.15) is 10.3 Å². The minimum atomic E-state index is -0.244. The molecule has 0 N–H and O–H groups in total. The maximum Gasteiger partial charge on any atom is 0.268 e. The van der Waals surface area contributed by atoms with E-state index in [1.54, 1.807) is 13.0 Å². The fourth-order valence-electron chi connectivity index (χ4n) is 1.42. The molecule has 0 bridgehead atoms. The summed E-state index contributed by atoms with van der Waals surface area (Å²) in [6.45, 7) is 1.70. The minimum Gasteiger partial charge on any atom is -0.291 e. The molecule has 4 nitrogen and oxygen atoms in total. The lowest BCUT2D eigenvalue weighted by molar-refractivity contribution is 0.0973. The maximum atomic E-state index is 12.0. The summed E-state index contributed by atoms with van der Waals surface area (Å²) >= 11 is 7.77. The molecule has 0 aliphatic carbocycles. The van der Waals surface area contributed by atoms with Crippen LogP contribution in [0.4, 0.5) is 0 Å². The van der Waals surface area contributed by atoms with Crippen LogP contribution in [0, 0.1) is 6.92 Å². The summed E-state index contributed by atoms with van der Waals surface area (Å²) in [5.41, 5.74) is -0.244. The number of ketones is 1. The molecule has 0 saturated carbocycles. The van der Waals surface area contributed by atoms with Gasteiger partial charge in [0.05, 0.1) is 15.2 Å². The van der Waals surface area contributed by atoms with E-state index in [4.69, 9.17) is 0 Å². The molecule has 18 heavy (non-hydrogen) atoms. The molecule has 0 saturated heterocycles. The molecule has 7 heteroatoms. The summed E-state index contributed by atoms with van der Waals surface area (Å²) in [6.07, 6.45) is 1.44. The molecule has 2 rings (SSSR count). The number of halogens is 2. The fraction of sp³-hybridized carbons (Fsp3) is 0.182. The van der Waals surface area contributed by atoms with Gasteiger partial charge in [0.25, 0.3) is 5.56 Å². The lowest BCUT2D eigenvalue weighted by atomic mass is 10.3. The van der Waals surface area contributed by atoms with E-state index in [0.717, 1.165) is 3.79 Å². The largest absolute Gasteiger partial charge is 0.291 e. The Morgan fingerprint density at radius 3 is 2.78 bits per heavy atom. The second-order valence-corrected chi connectivity index (χ2v) is 6.89. The number of carbonyl (C=O) groups excluding carboxylic acids is 1. The lowest BCUT2D eigenvalue weighted by Crippen LogP contribution is -2.27. The summed E-state index contributed by atoms with van der Waals surface area (Å²) in [5.74, 6) is 0.419. The van der Waals surface area contributed by atoms with Crippen molar-refractivity contribution in [3.63, 3.8) is 0 Å². The van der Waals surface area contributed by atoms with E-state index < -0.39 is 0 Å². The van der Waals surface area contributed by atoms with Crippen molar-refractivity contribution in [2.75, 3.05) is 0 Å². The van der Waals surface area contributed by atoms with Crippen molar-refractivity contribution >= 4 is 49.0 Å². The fourth-order valence-corrected chi connectivity index (χ4v) is 3.06. The van der Waals surface area contributed by atoms with Crippen LogP contribution >= 0.6 is 43.2 Å². The second-order valence-electron chi connectivity index (χ2n) is 3.57. The highest BCUT2D eigenvalue weighted by atomic mass is 79.9. The van der Waals surface area contributed by atoms with Gasteiger partial charge in [-0.3, -0.25) is 14.2 Å². The average Bonchev–Trinajstić information content (AvgIpc) is 2.76. The van der Waals surface area contributed by atoms with E-state index in [9.17, 15) is 9.59 Å². The first-order valence-electron chi connectivity index (χ1n) is 4.99. The average molecular weight is 392 g/mol. The monoisotopic (exact) mass is 390 g/mol. The van der Waals surface area contributed by atoms with Gasteiger partial charge in [0, 0.05) is 6.20 Å². The van der Waals surface area contributed by atoms with Crippen LogP contribution in [0.2, 0.25) is 0 Å². The molecule has 2 aromatic rings. The Morgan fingerprint density at radius 2 is 2.17 bits per heavy atom. The number of aryl methyl sites for hydroxylation is 1. The first-order valence-corrected chi connectivity index (χ1v) is 7.40. The van der Waals surface area contributed by atoms with Gasteiger partial charge < -0.3 is 0 Å². The van der Waals surface area contributed by atoms with Crippen molar-refractivity contribution in [3.8, 4) is 0 Å². The van der Waals surface area contributed by atoms with Gasteiger partial charge in [-0.1, -0.05) is 0 Å². The molecule has 0 atom stereocenters. The summed E-state index contributed by atoms with van der Waals surface area (Å²) in [5, 5.41) is 0. The smallest absolute Gasteiger partial charge is 0.268 e. The highest BCUT2D eigenvalue weighted by molar-refractivity contribution is 9.11. The van der Waals surface area contributed by atoms with Crippen molar-refractivity contribution in [1.29, 1.82) is 0 Å². The van der Waals surface area contributed by atoms with Crippen LogP contribution in [-0.2, 0) is 6.54 Å². The molecular weight excluding hydrogens is 384 g/mol. The third-order valence-corrected chi connectivity index (χ3v) is 4.56. The summed E-state index contributed by atoms with van der Waals surface area (Å²) in [7, 11) is 0. The van der Waals surface area contributed by atoms with Crippen LogP contribution in [0.3, 0.4) is 0 Å². The Bertz CT molecular complexity index is 663. The SMILES string of the molecule is Cc1ncc(Br)c(=O)n1CC(=O)c1ccc(Br)s1. The summed E-state index contributed by atoms with van der Waals surface area (Å²) < 4.78 is 2.61. The number of hydrogen-bond donors (Lipinski definition) is 0. The van der Waals surface area contributed by atoms with Crippen molar-refractivity contribution < 1.29 is 4.79 Å². The van der Waals surface area contributed by atoms with Crippen molar-refractivity contribution in [3.05, 3.63) is 47.6 Å². The highest BCUT2D eigenvalue weighted by Gasteiger charge is 2.13. The van der Waals surface area contributed by atoms with Crippen molar-refractivity contribution in [1.82, 2.24) is 9.55 Å². The van der Waals surface area contributed by atoms with Crippen LogP contribution in [0.25, 0.3) is 0 Å². The molecule has 2 heterocycles. The second kappa shape index (κ2) is 5.46. The van der Waals surface area contributed by atoms with E-state index in [1.807, 2.05) is 6.07 Å². The molecule has 0 aliphatic rings. The maximum absolute atomic E-state index is 12.0. The molecular formula is C11H8Br2N2O2S. The Morgan fingerprint density at radius 1 is 1.44 bits per heavy atom. The van der Waals surface area contributed by atoms with Crippen LogP contribution in [0.1, 0.15) is 15.5 Å². The van der Waals surface area contributed by atoms with Crippen molar-refractivity contribution in [2.24, 2.45) is 0 Å². The van der Waals surface area contributed by atoms with E-state index >= 15 is 0 Å². The van der Waals surface area contributed by atoms with E-state index in [2.05, 4.69) is 36.8 Å². The predicted octanol–water partition coefficient (Wildman–Crippen LogP) is 3.02. The zero-order valence-corrected chi connectivity index (χ0v) is 13.3. The van der Waals surface area contributed by atoms with Gasteiger partial charge in [-0.2, -0.15) is 0 Å². The van der Waals surface area contributed by atoms with E-state index in [1.165, 1.54) is 22.1 Å². The van der Waals surface area contributed by atoms with E-state index in [0.29, 0.717) is 15.2 Å². The molecule has 0 aromatic carbocycles. The predicted molar refractivity (Wildman–Crippen MR) is 77.3 cm³/mol. The molecule has 0 fully saturated rings. The summed E-state index contributed by atoms with van der Waals surface area (Å²) in [4.78, 5) is 28.6. The van der Waals surface area contributed by atoms with E-state index in [-0.39, 0.29) is 17.9 Å². The Kier molecular flexibility index (Phi) is 4.14. The highest BCUT2D eigenvalue weighted by Crippen LogP contribution is 2.22. The number of Topliss-reactive ketones (excluding diaryl/α,β-unsaturated/α-hetero) is 1. The number of thiophene rings is 1. The third kappa shape index (κ3) is 2.78. The lowest BCUT2D eigenvalue weighted by Gasteiger charge is -2.07. The standard InChI is InChI=1S/C11H8Br2N2O2S/c1-6-14-4-7(12)11(17)15(6)5-8(16)9-2-3-10(13)18-9/h2-4H,5H2,1H3. The quantitative estimate of drug-likeness (QED) is 0.755. The normalized spacial score (nSPS) is 10.6. The van der Waals surface area contributed by atoms with Crippen LogP contribution < -0.4 is 5.56 Å². The number of rotatable bonds is 3. The molecule has 2 aromatic heterocycles. The zero-order chi connectivity index (χ0) is 13.3. The topological polar surface area (TPSA) is 52.0 Å². The summed E-state index contributed by atoms with van der Waals surface area (Å²) in [6, 6.07) is 3.55. The van der Waals surface area contributed by atoms with Crippen molar-refractivity contribution in [2.45, 2.75) is 13.5 Å². The minimum absolute atomic E-state index is 0.00403.